The number of Topliss-reactive ketones (excluding diaryl/α,β-unsaturated/α-hetero) is 1. The summed E-state index contributed by atoms with van der Waals surface area (Å²) in [5.41, 5.74) is 4.60. The maximum absolute atomic E-state index is 12.4. The Morgan fingerprint density at radius 2 is 1.74 bits per heavy atom. The minimum Gasteiger partial charge on any atom is -0.469 e. The van der Waals surface area contributed by atoms with E-state index in [1.165, 1.54) is 6.33 Å². The van der Waals surface area contributed by atoms with E-state index in [-0.39, 0.29) is 12.4 Å². The van der Waals surface area contributed by atoms with E-state index >= 15 is 0 Å². The van der Waals surface area contributed by atoms with Crippen LogP contribution >= 0.6 is 0 Å². The number of carbonyl (C=O) groups excluding carboxylic acids is 1. The van der Waals surface area contributed by atoms with Gasteiger partial charge >= 0.3 is 0 Å². The van der Waals surface area contributed by atoms with E-state index in [0.717, 1.165) is 27.6 Å². The van der Waals surface area contributed by atoms with Gasteiger partial charge in [-0.25, -0.2) is 9.97 Å². The molecule has 23 heavy (non-hydrogen) atoms. The molecule has 0 bridgehead atoms. The van der Waals surface area contributed by atoms with Crippen molar-refractivity contribution < 1.29 is 9.53 Å². The maximum Gasteiger partial charge on any atom is 0.224 e. The molecule has 116 valence electrons. The minimum absolute atomic E-state index is 0.0374. The Labute approximate surface area is 135 Å². The number of ether oxygens (including phenoxy) is 1. The number of benzene rings is 2. The minimum atomic E-state index is -0.0504. The first-order chi connectivity index (χ1) is 11.0. The van der Waals surface area contributed by atoms with Gasteiger partial charge in [0.1, 0.15) is 6.33 Å². The Morgan fingerprint density at radius 3 is 2.57 bits per heavy atom. The molecule has 0 amide bonds. The molecule has 0 aliphatic rings. The summed E-state index contributed by atoms with van der Waals surface area (Å²) in [7, 11) is 0. The number of aryl methyl sites for hydroxylation is 3. The lowest BCUT2D eigenvalue weighted by molar-refractivity contribution is 0.0918. The molecular formula is C19H18N2O2. The Balaban J connectivity index is 1.84. The van der Waals surface area contributed by atoms with Crippen molar-refractivity contribution in [2.45, 2.75) is 20.8 Å². The van der Waals surface area contributed by atoms with Crippen LogP contribution in [0.3, 0.4) is 0 Å². The molecular weight excluding hydrogens is 288 g/mol. The summed E-state index contributed by atoms with van der Waals surface area (Å²) < 4.78 is 5.68. The third-order valence-electron chi connectivity index (χ3n) is 3.79. The first-order valence-electron chi connectivity index (χ1n) is 7.49. The van der Waals surface area contributed by atoms with E-state index in [1.54, 1.807) is 0 Å². The van der Waals surface area contributed by atoms with Gasteiger partial charge in [0, 0.05) is 5.56 Å². The van der Waals surface area contributed by atoms with Crippen LogP contribution in [-0.4, -0.2) is 22.4 Å². The van der Waals surface area contributed by atoms with Crippen LogP contribution in [-0.2, 0) is 0 Å². The molecule has 4 heteroatoms. The highest BCUT2D eigenvalue weighted by molar-refractivity contribution is 5.99. The van der Waals surface area contributed by atoms with Crippen LogP contribution in [0.5, 0.6) is 5.88 Å². The van der Waals surface area contributed by atoms with Gasteiger partial charge in [-0.2, -0.15) is 0 Å². The lowest BCUT2D eigenvalue weighted by Gasteiger charge is -2.09. The average Bonchev–Trinajstić information content (AvgIpc) is 2.54. The third-order valence-corrected chi connectivity index (χ3v) is 3.79. The van der Waals surface area contributed by atoms with Gasteiger partial charge in [-0.3, -0.25) is 4.79 Å². The van der Waals surface area contributed by atoms with Gasteiger partial charge in [-0.15, -0.1) is 0 Å². The van der Waals surface area contributed by atoms with Crippen LogP contribution < -0.4 is 4.74 Å². The number of hydrogen-bond donors (Lipinski definition) is 0. The van der Waals surface area contributed by atoms with Crippen molar-refractivity contribution in [3.63, 3.8) is 0 Å². The summed E-state index contributed by atoms with van der Waals surface area (Å²) in [6.45, 7) is 5.86. The van der Waals surface area contributed by atoms with E-state index in [2.05, 4.69) is 9.97 Å². The highest BCUT2D eigenvalue weighted by Gasteiger charge is 2.12. The SMILES string of the molecule is Cc1ccc(C)c(C(=O)COc2ncnc3ccc(C)cc23)c1. The highest BCUT2D eigenvalue weighted by atomic mass is 16.5. The smallest absolute Gasteiger partial charge is 0.224 e. The van der Waals surface area contributed by atoms with Gasteiger partial charge in [-0.05, 0) is 44.5 Å². The normalized spacial score (nSPS) is 10.7. The third kappa shape index (κ3) is 3.21. The van der Waals surface area contributed by atoms with Crippen molar-refractivity contribution in [3.05, 3.63) is 65.0 Å². The zero-order valence-corrected chi connectivity index (χ0v) is 13.5. The number of nitrogens with zero attached hydrogens (tertiary/aromatic N) is 2. The predicted molar refractivity (Wildman–Crippen MR) is 90.0 cm³/mol. The number of ketones is 1. The first-order valence-corrected chi connectivity index (χ1v) is 7.49. The number of fused-ring (bicyclic) bond motifs is 1. The van der Waals surface area contributed by atoms with Crippen LogP contribution in [0.25, 0.3) is 10.9 Å². The maximum atomic E-state index is 12.4. The van der Waals surface area contributed by atoms with Gasteiger partial charge < -0.3 is 4.74 Å². The van der Waals surface area contributed by atoms with E-state index in [1.807, 2.05) is 57.2 Å². The van der Waals surface area contributed by atoms with Crippen molar-refractivity contribution in [1.29, 1.82) is 0 Å². The molecule has 4 nitrogen and oxygen atoms in total. The van der Waals surface area contributed by atoms with Gasteiger partial charge in [0.25, 0.3) is 0 Å². The molecule has 3 rings (SSSR count). The summed E-state index contributed by atoms with van der Waals surface area (Å²) in [4.78, 5) is 20.8. The molecule has 0 fully saturated rings. The van der Waals surface area contributed by atoms with Crippen LogP contribution in [0.4, 0.5) is 0 Å². The Hall–Kier alpha value is -2.75. The van der Waals surface area contributed by atoms with Crippen LogP contribution in [0.2, 0.25) is 0 Å². The Kier molecular flexibility index (Phi) is 4.06. The van der Waals surface area contributed by atoms with Crippen molar-refractivity contribution in [3.8, 4) is 5.88 Å². The fourth-order valence-electron chi connectivity index (χ4n) is 2.51. The second-order valence-electron chi connectivity index (χ2n) is 5.73. The summed E-state index contributed by atoms with van der Waals surface area (Å²) in [5, 5.41) is 0.821. The molecule has 2 aromatic carbocycles. The molecule has 3 aromatic rings. The monoisotopic (exact) mass is 306 g/mol. The fourth-order valence-corrected chi connectivity index (χ4v) is 2.51. The van der Waals surface area contributed by atoms with Gasteiger partial charge in [-0.1, -0.05) is 29.3 Å². The number of aromatic nitrogens is 2. The zero-order valence-electron chi connectivity index (χ0n) is 13.5. The van der Waals surface area contributed by atoms with Gasteiger partial charge in [0.2, 0.25) is 11.7 Å². The Morgan fingerprint density at radius 1 is 1.00 bits per heavy atom. The molecule has 0 unspecified atom stereocenters. The average molecular weight is 306 g/mol. The summed E-state index contributed by atoms with van der Waals surface area (Å²) in [6.07, 6.45) is 1.45. The van der Waals surface area contributed by atoms with E-state index in [9.17, 15) is 4.79 Å². The number of hydrogen-bond acceptors (Lipinski definition) is 4. The van der Waals surface area contributed by atoms with Gasteiger partial charge in [0.15, 0.2) is 6.61 Å². The summed E-state index contributed by atoms with van der Waals surface area (Å²) >= 11 is 0. The number of rotatable bonds is 4. The van der Waals surface area contributed by atoms with E-state index < -0.39 is 0 Å². The molecule has 1 heterocycles. The molecule has 0 spiro atoms. The predicted octanol–water partition coefficient (Wildman–Crippen LogP) is 3.82. The largest absolute Gasteiger partial charge is 0.469 e. The van der Waals surface area contributed by atoms with Crippen molar-refractivity contribution in [2.24, 2.45) is 0 Å². The van der Waals surface area contributed by atoms with Crippen LogP contribution in [0.15, 0.2) is 42.7 Å². The second kappa shape index (κ2) is 6.16. The van der Waals surface area contributed by atoms with Crippen molar-refractivity contribution >= 4 is 16.7 Å². The lowest BCUT2D eigenvalue weighted by Crippen LogP contribution is -2.14. The molecule has 1 aromatic heterocycles. The van der Waals surface area contributed by atoms with E-state index in [0.29, 0.717) is 11.4 Å². The topological polar surface area (TPSA) is 52.1 Å². The summed E-state index contributed by atoms with van der Waals surface area (Å²) in [6, 6.07) is 11.7. The molecule has 0 aliphatic heterocycles. The standard InChI is InChI=1S/C19H18N2O2/c1-12-4-6-14(3)15(8-12)18(22)10-23-19-16-9-13(2)5-7-17(16)20-11-21-19/h4-9,11H,10H2,1-3H3. The quantitative estimate of drug-likeness (QED) is 0.688. The molecule has 0 atom stereocenters. The lowest BCUT2D eigenvalue weighted by atomic mass is 10.0. The first kappa shape index (κ1) is 15.2. The fraction of sp³-hybridized carbons (Fsp3) is 0.211. The summed E-state index contributed by atoms with van der Waals surface area (Å²) in [5.74, 6) is 0.392. The van der Waals surface area contributed by atoms with Crippen LogP contribution in [0, 0.1) is 20.8 Å². The van der Waals surface area contributed by atoms with E-state index in [4.69, 9.17) is 4.74 Å². The molecule has 0 saturated heterocycles. The number of carbonyl (C=O) groups is 1. The zero-order chi connectivity index (χ0) is 16.4. The Bertz CT molecular complexity index is 888. The molecule has 0 N–H and O–H groups in total. The molecule has 0 radical (unpaired) electrons. The van der Waals surface area contributed by atoms with Crippen LogP contribution in [0.1, 0.15) is 27.0 Å². The molecule has 0 aliphatic carbocycles. The van der Waals surface area contributed by atoms with Crippen molar-refractivity contribution in [1.82, 2.24) is 9.97 Å². The van der Waals surface area contributed by atoms with Gasteiger partial charge in [0.05, 0.1) is 10.9 Å². The molecule has 0 saturated carbocycles. The van der Waals surface area contributed by atoms with Crippen molar-refractivity contribution in [2.75, 3.05) is 6.61 Å². The second-order valence-corrected chi connectivity index (χ2v) is 5.73. The highest BCUT2D eigenvalue weighted by Crippen LogP contribution is 2.22.